The molecule has 0 spiro atoms. The topological polar surface area (TPSA) is 255 Å². The van der Waals surface area contributed by atoms with Crippen molar-refractivity contribution in [2.24, 2.45) is 14.1 Å². The highest BCUT2D eigenvalue weighted by Gasteiger charge is 2.37. The summed E-state index contributed by atoms with van der Waals surface area (Å²) < 4.78 is 19.6. The molecule has 13 rings (SSSR count). The third-order valence-electron chi connectivity index (χ3n) is 15.4. The van der Waals surface area contributed by atoms with Crippen LogP contribution in [0, 0.1) is 0 Å². The highest BCUT2D eigenvalue weighted by atomic mass is 16.5. The van der Waals surface area contributed by atoms with Gasteiger partial charge in [0.1, 0.15) is 34.5 Å². The lowest BCUT2D eigenvalue weighted by Crippen LogP contribution is -2.24. The molecule has 0 saturated carbocycles. The van der Waals surface area contributed by atoms with Gasteiger partial charge in [-0.2, -0.15) is 0 Å². The van der Waals surface area contributed by atoms with Gasteiger partial charge in [-0.05, 0) is 120 Å². The average molecular weight is 1130 g/mol. The van der Waals surface area contributed by atoms with Crippen LogP contribution in [0.1, 0.15) is 108 Å². The van der Waals surface area contributed by atoms with E-state index in [1.807, 2.05) is 48.5 Å². The van der Waals surface area contributed by atoms with Gasteiger partial charge in [0.05, 0.1) is 66.1 Å². The number of carbonyl (C=O) groups is 8. The van der Waals surface area contributed by atoms with E-state index in [1.165, 1.54) is 78.7 Å². The maximum atomic E-state index is 12.3. The zero-order valence-electron chi connectivity index (χ0n) is 46.0. The van der Waals surface area contributed by atoms with Gasteiger partial charge < -0.3 is 14.2 Å². The van der Waals surface area contributed by atoms with E-state index >= 15 is 0 Å². The highest BCUT2D eigenvalue weighted by Crippen LogP contribution is 2.37. The molecule has 0 bridgehead atoms. The summed E-state index contributed by atoms with van der Waals surface area (Å²) in [5, 5.41) is 0.714. The molecule has 0 fully saturated rings. The molecule has 2 aromatic heterocycles. The Morgan fingerprint density at radius 2 is 0.464 bits per heavy atom. The number of hydrogen-bond donors (Lipinski definition) is 0. The van der Waals surface area contributed by atoms with Crippen LogP contribution in [0.4, 0.5) is 0 Å². The van der Waals surface area contributed by atoms with E-state index in [4.69, 9.17) is 14.2 Å². The molecular formula is C63H46N6O15. The number of ether oxygens (including phenoxy) is 3. The van der Waals surface area contributed by atoms with Gasteiger partial charge >= 0.3 is 0 Å². The predicted octanol–water partition coefficient (Wildman–Crippen LogP) is 6.97. The lowest BCUT2D eigenvalue weighted by Gasteiger charge is -2.26. The Hall–Kier alpha value is -11.2. The van der Waals surface area contributed by atoms with Crippen molar-refractivity contribution >= 4 is 68.8 Å². The summed E-state index contributed by atoms with van der Waals surface area (Å²) in [4.78, 5) is 148. The smallest absolute Gasteiger partial charge is 0.261 e. The van der Waals surface area contributed by atoms with Crippen molar-refractivity contribution < 1.29 is 52.6 Å². The first-order chi connectivity index (χ1) is 39.9. The largest absolute Gasteiger partial charge is 0.457 e. The van der Waals surface area contributed by atoms with Gasteiger partial charge in [0.25, 0.3) is 69.5 Å². The summed E-state index contributed by atoms with van der Waals surface area (Å²) in [5.74, 6) is 0.130. The molecule has 0 atom stereocenters. The van der Waals surface area contributed by atoms with Gasteiger partial charge in [-0.25, -0.2) is 0 Å². The van der Waals surface area contributed by atoms with E-state index in [0.29, 0.717) is 67.9 Å². The Morgan fingerprint density at radius 3 is 0.702 bits per heavy atom. The van der Waals surface area contributed by atoms with Crippen LogP contribution in [-0.4, -0.2) is 104 Å². The van der Waals surface area contributed by atoms with E-state index in [0.717, 1.165) is 39.9 Å². The van der Waals surface area contributed by atoms with Crippen molar-refractivity contribution in [1.29, 1.82) is 0 Å². The van der Waals surface area contributed by atoms with Gasteiger partial charge in [0.15, 0.2) is 0 Å². The second-order valence-electron chi connectivity index (χ2n) is 20.8. The van der Waals surface area contributed by atoms with Crippen LogP contribution in [0.2, 0.25) is 0 Å². The van der Waals surface area contributed by atoms with Crippen molar-refractivity contribution in [2.45, 2.75) is 19.3 Å². The molecule has 0 saturated heterocycles. The summed E-state index contributed by atoms with van der Waals surface area (Å²) >= 11 is 0. The van der Waals surface area contributed by atoms with Crippen LogP contribution in [0.3, 0.4) is 0 Å². The van der Waals surface area contributed by atoms with Crippen molar-refractivity contribution in [3.63, 3.8) is 0 Å². The average Bonchev–Trinajstić information content (AvgIpc) is 2.10. The molecule has 0 N–H and O–H groups in total. The van der Waals surface area contributed by atoms with Crippen LogP contribution >= 0.6 is 0 Å². The van der Waals surface area contributed by atoms with E-state index < -0.39 is 22.2 Å². The summed E-state index contributed by atoms with van der Waals surface area (Å²) in [7, 11) is 8.51. The molecule has 0 radical (unpaired) electrons. The van der Waals surface area contributed by atoms with Gasteiger partial charge in [0, 0.05) is 47.7 Å². The molecule has 7 aromatic carbocycles. The summed E-state index contributed by atoms with van der Waals surface area (Å²) in [6, 6.07) is 37.1. The van der Waals surface area contributed by atoms with Crippen molar-refractivity contribution in [3.05, 3.63) is 231 Å². The zero-order valence-corrected chi connectivity index (χ0v) is 46.0. The van der Waals surface area contributed by atoms with Crippen LogP contribution in [0.15, 0.2) is 153 Å². The quantitative estimate of drug-likeness (QED) is 0.139. The number of hydrogen-bond acceptors (Lipinski definition) is 15. The number of aromatic nitrogens is 2. The number of benzene rings is 7. The van der Waals surface area contributed by atoms with E-state index in [1.54, 1.807) is 48.5 Å². The van der Waals surface area contributed by atoms with Crippen molar-refractivity contribution in [3.8, 4) is 34.5 Å². The number of amides is 8. The van der Waals surface area contributed by atoms with Gasteiger partial charge in [-0.1, -0.05) is 38.1 Å². The number of nitrogens with zero attached hydrogens (tertiary/aromatic N) is 6. The second kappa shape index (κ2) is 20.1. The Morgan fingerprint density at radius 1 is 0.262 bits per heavy atom. The second-order valence-corrected chi connectivity index (χ2v) is 20.8. The standard InChI is InChI=1S/C33H26N2O6.C18H12N2O5.C12H8N2O4/c1-33(2,19-5-9-21(10-6-19)40-23-13-15-25-27(17-23)31(38)34(3)29(25)36)20-7-11-22(12-8-20)41-24-14-16-26-28(18-24)32(39)35(4)30(26)37;1-19-15(21)11-5-3-9(7-13(11)17(19)23)25-10-4-6-12-14(8-10)18(24)20(2)16(12)22;1-13-9(15)5-3-7-8(4-6(5)10(13)16)12(18)14(2)11(7)17/h5-18H,1-4H3;3-8H,1-2H3;3-4H,1-2H3. The Labute approximate surface area is 474 Å². The first-order valence-corrected chi connectivity index (χ1v) is 25.8. The maximum Gasteiger partial charge on any atom is 0.261 e. The first-order valence-electron chi connectivity index (χ1n) is 25.8. The fourth-order valence-electron chi connectivity index (χ4n) is 10.3. The van der Waals surface area contributed by atoms with Crippen LogP contribution in [0.5, 0.6) is 34.5 Å². The Balaban J connectivity index is 0.000000145. The lowest BCUT2D eigenvalue weighted by molar-refractivity contribution is 0.0677. The van der Waals surface area contributed by atoms with Crippen molar-refractivity contribution in [2.75, 3.05) is 28.2 Å². The maximum absolute atomic E-state index is 12.3. The van der Waals surface area contributed by atoms with Crippen LogP contribution < -0.4 is 36.4 Å². The van der Waals surface area contributed by atoms with E-state index in [2.05, 4.69) is 13.8 Å². The van der Waals surface area contributed by atoms with Crippen LogP contribution in [-0.2, 0) is 19.5 Å². The molecule has 4 aliphatic rings. The zero-order chi connectivity index (χ0) is 60.1. The number of imide groups is 4. The molecule has 9 aromatic rings. The molecule has 84 heavy (non-hydrogen) atoms. The normalized spacial score (nSPS) is 14.2. The van der Waals surface area contributed by atoms with E-state index in [9.17, 15) is 57.5 Å². The first kappa shape index (κ1) is 54.7. The Kier molecular flexibility index (Phi) is 13.1. The molecule has 4 aliphatic heterocycles. The minimum atomic E-state index is -0.451. The third kappa shape index (κ3) is 8.90. The van der Waals surface area contributed by atoms with Gasteiger partial charge in [-0.3, -0.25) is 86.3 Å². The molecule has 0 aliphatic carbocycles. The molecule has 21 heteroatoms. The van der Waals surface area contributed by atoms with Gasteiger partial charge in [0.2, 0.25) is 0 Å². The SMILES string of the molecule is CN1C(=O)c2ccc(Oc3ccc(C(C)(C)c4ccc(Oc5ccc6c(c5)C(=O)N(C)C6=O)cc4)cc3)cc2C1=O.CN1C(=O)c2ccc(Oc3ccc4c(c3)C(=O)N(C)C4=O)cc2C1=O.Cn1c(=O)c2cc3c(=O)n(C)c(=O)c3cc2c1=O. The van der Waals surface area contributed by atoms with Crippen molar-refractivity contribution in [1.82, 2.24) is 28.7 Å². The fraction of sp³-hybridized carbons (Fsp3) is 0.143. The summed E-state index contributed by atoms with van der Waals surface area (Å²) in [5.41, 5.74) is 2.66. The van der Waals surface area contributed by atoms with Gasteiger partial charge in [-0.15, -0.1) is 0 Å². The Bertz CT molecular complexity index is 4310. The molecule has 6 heterocycles. The molecular weight excluding hydrogens is 1080 g/mol. The van der Waals surface area contributed by atoms with Crippen LogP contribution in [0.25, 0.3) is 21.5 Å². The predicted molar refractivity (Wildman–Crippen MR) is 304 cm³/mol. The fourth-order valence-corrected chi connectivity index (χ4v) is 10.3. The number of fused-ring (bicyclic) bond motifs is 6. The minimum absolute atomic E-state index is 0.178. The monoisotopic (exact) mass is 1130 g/mol. The molecule has 21 nitrogen and oxygen atoms in total. The number of carbonyl (C=O) groups excluding carboxylic acids is 8. The molecule has 418 valence electrons. The van der Waals surface area contributed by atoms with E-state index in [-0.39, 0.29) is 85.3 Å². The summed E-state index contributed by atoms with van der Waals surface area (Å²) in [6.07, 6.45) is 0. The molecule has 0 unspecified atom stereocenters. The third-order valence-corrected chi connectivity index (χ3v) is 15.4. The highest BCUT2D eigenvalue weighted by molar-refractivity contribution is 6.23. The molecule has 8 amide bonds. The number of rotatable bonds is 8. The lowest BCUT2D eigenvalue weighted by atomic mass is 9.78. The summed E-state index contributed by atoms with van der Waals surface area (Å²) in [6.45, 7) is 4.25. The minimum Gasteiger partial charge on any atom is -0.457 e.